The highest BCUT2D eigenvalue weighted by molar-refractivity contribution is 5.07. The Hall–Kier alpha value is -0.960. The summed E-state index contributed by atoms with van der Waals surface area (Å²) in [5.41, 5.74) is 1.78. The zero-order chi connectivity index (χ0) is 7.40. The van der Waals surface area contributed by atoms with E-state index in [2.05, 4.69) is 9.97 Å². The van der Waals surface area contributed by atoms with Gasteiger partial charge in [0, 0.05) is 25.4 Å². The minimum absolute atomic E-state index is 0.138. The summed E-state index contributed by atoms with van der Waals surface area (Å²) >= 11 is 0. The van der Waals surface area contributed by atoms with E-state index in [1.807, 2.05) is 6.92 Å². The number of aliphatic hydroxyl groups is 1. The fourth-order valence-corrected chi connectivity index (χ4v) is 0.788. The van der Waals surface area contributed by atoms with Gasteiger partial charge in [-0.25, -0.2) is 0 Å². The van der Waals surface area contributed by atoms with Gasteiger partial charge in [-0.1, -0.05) is 0 Å². The molecule has 0 radical (unpaired) electrons. The molecule has 1 aromatic heterocycles. The van der Waals surface area contributed by atoms with Crippen LogP contribution in [0.4, 0.5) is 0 Å². The SMILES string of the molecule is Cc1nccnc1CCO. The minimum atomic E-state index is 0.138. The van der Waals surface area contributed by atoms with Crippen molar-refractivity contribution in [1.29, 1.82) is 0 Å². The molecule has 54 valence electrons. The van der Waals surface area contributed by atoms with Crippen molar-refractivity contribution in [2.24, 2.45) is 0 Å². The maximum atomic E-state index is 8.58. The Balaban J connectivity index is 2.81. The molecule has 0 aromatic carbocycles. The Bertz CT molecular complexity index is 213. The standard InChI is InChI=1S/C7H10N2O/c1-6-7(2-5-10)9-4-3-8-6/h3-4,10H,2,5H2,1H3. The van der Waals surface area contributed by atoms with Gasteiger partial charge in [0.05, 0.1) is 11.4 Å². The van der Waals surface area contributed by atoms with Gasteiger partial charge < -0.3 is 5.11 Å². The summed E-state index contributed by atoms with van der Waals surface area (Å²) in [6.07, 6.45) is 3.88. The number of hydrogen-bond donors (Lipinski definition) is 1. The van der Waals surface area contributed by atoms with E-state index in [0.29, 0.717) is 6.42 Å². The van der Waals surface area contributed by atoms with Crippen LogP contribution in [0.5, 0.6) is 0 Å². The Morgan fingerprint density at radius 3 is 2.70 bits per heavy atom. The first-order valence-corrected chi connectivity index (χ1v) is 3.22. The molecule has 1 heterocycles. The summed E-state index contributed by atoms with van der Waals surface area (Å²) in [5.74, 6) is 0. The summed E-state index contributed by atoms with van der Waals surface area (Å²) in [7, 11) is 0. The van der Waals surface area contributed by atoms with E-state index in [-0.39, 0.29) is 6.61 Å². The minimum Gasteiger partial charge on any atom is -0.396 e. The van der Waals surface area contributed by atoms with Crippen LogP contribution < -0.4 is 0 Å². The lowest BCUT2D eigenvalue weighted by atomic mass is 10.2. The third kappa shape index (κ3) is 1.51. The van der Waals surface area contributed by atoms with Gasteiger partial charge in [0.2, 0.25) is 0 Å². The molecule has 1 N–H and O–H groups in total. The van der Waals surface area contributed by atoms with Crippen LogP contribution in [0.15, 0.2) is 12.4 Å². The molecule has 10 heavy (non-hydrogen) atoms. The van der Waals surface area contributed by atoms with Crippen LogP contribution in [-0.4, -0.2) is 21.7 Å². The average Bonchev–Trinajstić information content (AvgIpc) is 1.94. The zero-order valence-electron chi connectivity index (χ0n) is 5.91. The number of rotatable bonds is 2. The number of hydrogen-bond acceptors (Lipinski definition) is 3. The largest absolute Gasteiger partial charge is 0.396 e. The second-order valence-electron chi connectivity index (χ2n) is 2.06. The van der Waals surface area contributed by atoms with E-state index in [1.54, 1.807) is 12.4 Å². The topological polar surface area (TPSA) is 46.0 Å². The predicted molar refractivity (Wildman–Crippen MR) is 37.6 cm³/mol. The Kier molecular flexibility index (Phi) is 2.34. The normalized spacial score (nSPS) is 9.80. The molecule has 0 spiro atoms. The zero-order valence-corrected chi connectivity index (χ0v) is 5.91. The van der Waals surface area contributed by atoms with Gasteiger partial charge >= 0.3 is 0 Å². The van der Waals surface area contributed by atoms with E-state index in [0.717, 1.165) is 11.4 Å². The Labute approximate surface area is 59.8 Å². The number of aromatic nitrogens is 2. The fraction of sp³-hybridized carbons (Fsp3) is 0.429. The third-order valence-electron chi connectivity index (χ3n) is 1.33. The lowest BCUT2D eigenvalue weighted by Crippen LogP contribution is -1.98. The van der Waals surface area contributed by atoms with Crippen LogP contribution in [0, 0.1) is 6.92 Å². The van der Waals surface area contributed by atoms with Crippen molar-refractivity contribution in [1.82, 2.24) is 9.97 Å². The molecular formula is C7H10N2O. The van der Waals surface area contributed by atoms with Gasteiger partial charge in [-0.3, -0.25) is 9.97 Å². The van der Waals surface area contributed by atoms with Crippen LogP contribution in [0.2, 0.25) is 0 Å². The second kappa shape index (κ2) is 3.27. The number of aliphatic hydroxyl groups excluding tert-OH is 1. The molecule has 0 aliphatic rings. The van der Waals surface area contributed by atoms with Gasteiger partial charge in [0.15, 0.2) is 0 Å². The van der Waals surface area contributed by atoms with E-state index in [1.165, 1.54) is 0 Å². The second-order valence-corrected chi connectivity index (χ2v) is 2.06. The lowest BCUT2D eigenvalue weighted by molar-refractivity contribution is 0.297. The molecule has 0 aliphatic carbocycles. The van der Waals surface area contributed by atoms with Gasteiger partial charge in [-0.05, 0) is 6.92 Å². The van der Waals surface area contributed by atoms with Crippen LogP contribution in [0.25, 0.3) is 0 Å². The van der Waals surface area contributed by atoms with Crippen molar-refractivity contribution < 1.29 is 5.11 Å². The molecule has 0 aliphatic heterocycles. The molecule has 0 bridgehead atoms. The quantitative estimate of drug-likeness (QED) is 0.640. The molecule has 0 unspecified atom stereocenters. The maximum Gasteiger partial charge on any atom is 0.0638 e. The van der Waals surface area contributed by atoms with Crippen LogP contribution >= 0.6 is 0 Å². The van der Waals surface area contributed by atoms with Gasteiger partial charge in [-0.2, -0.15) is 0 Å². The molecule has 1 aromatic rings. The van der Waals surface area contributed by atoms with Crippen LogP contribution in [0.3, 0.4) is 0 Å². The van der Waals surface area contributed by atoms with Crippen LogP contribution in [-0.2, 0) is 6.42 Å². The Morgan fingerprint density at radius 1 is 1.40 bits per heavy atom. The molecule has 0 saturated heterocycles. The van der Waals surface area contributed by atoms with E-state index in [4.69, 9.17) is 5.11 Å². The summed E-state index contributed by atoms with van der Waals surface area (Å²) in [6.45, 7) is 2.03. The summed E-state index contributed by atoms with van der Waals surface area (Å²) in [4.78, 5) is 8.07. The molecule has 1 rings (SSSR count). The number of nitrogens with zero attached hydrogens (tertiary/aromatic N) is 2. The van der Waals surface area contributed by atoms with Crippen molar-refractivity contribution in [2.45, 2.75) is 13.3 Å². The van der Waals surface area contributed by atoms with Crippen molar-refractivity contribution in [3.8, 4) is 0 Å². The highest BCUT2D eigenvalue weighted by Gasteiger charge is 1.96. The summed E-state index contributed by atoms with van der Waals surface area (Å²) in [5, 5.41) is 8.58. The fourth-order valence-electron chi connectivity index (χ4n) is 0.788. The lowest BCUT2D eigenvalue weighted by Gasteiger charge is -1.98. The predicted octanol–water partition coefficient (Wildman–Crippen LogP) is 0.320. The molecule has 3 nitrogen and oxygen atoms in total. The van der Waals surface area contributed by atoms with Crippen LogP contribution in [0.1, 0.15) is 11.4 Å². The first-order valence-electron chi connectivity index (χ1n) is 3.22. The molecule has 0 atom stereocenters. The molecular weight excluding hydrogens is 128 g/mol. The first kappa shape index (κ1) is 7.15. The van der Waals surface area contributed by atoms with Gasteiger partial charge in [0.1, 0.15) is 0 Å². The molecule has 0 amide bonds. The third-order valence-corrected chi connectivity index (χ3v) is 1.33. The smallest absolute Gasteiger partial charge is 0.0638 e. The van der Waals surface area contributed by atoms with Gasteiger partial charge in [-0.15, -0.1) is 0 Å². The van der Waals surface area contributed by atoms with E-state index < -0.39 is 0 Å². The summed E-state index contributed by atoms with van der Waals surface area (Å²) in [6, 6.07) is 0. The highest BCUT2D eigenvalue weighted by Crippen LogP contribution is 1.98. The van der Waals surface area contributed by atoms with Crippen molar-refractivity contribution in [2.75, 3.05) is 6.61 Å². The van der Waals surface area contributed by atoms with Crippen molar-refractivity contribution >= 4 is 0 Å². The maximum absolute atomic E-state index is 8.58. The van der Waals surface area contributed by atoms with Crippen molar-refractivity contribution in [3.63, 3.8) is 0 Å². The molecule has 0 saturated carbocycles. The Morgan fingerprint density at radius 2 is 2.10 bits per heavy atom. The van der Waals surface area contributed by atoms with E-state index >= 15 is 0 Å². The van der Waals surface area contributed by atoms with Crippen molar-refractivity contribution in [3.05, 3.63) is 23.8 Å². The first-order chi connectivity index (χ1) is 4.84. The van der Waals surface area contributed by atoms with E-state index in [9.17, 15) is 0 Å². The monoisotopic (exact) mass is 138 g/mol. The molecule has 0 fully saturated rings. The average molecular weight is 138 g/mol. The molecule has 3 heteroatoms. The highest BCUT2D eigenvalue weighted by atomic mass is 16.3. The summed E-state index contributed by atoms with van der Waals surface area (Å²) < 4.78 is 0. The number of aryl methyl sites for hydroxylation is 1. The van der Waals surface area contributed by atoms with Gasteiger partial charge in [0.25, 0.3) is 0 Å².